The number of rotatable bonds is 2. The van der Waals surface area contributed by atoms with Gasteiger partial charge in [-0.05, 0) is 42.5 Å². The zero-order chi connectivity index (χ0) is 18.5. The van der Waals surface area contributed by atoms with Crippen molar-refractivity contribution in [3.05, 3.63) is 102 Å². The highest BCUT2D eigenvalue weighted by atomic mass is 16.1. The van der Waals surface area contributed by atoms with Crippen LogP contribution in [-0.2, 0) is 0 Å². The molecule has 4 heteroatoms. The fourth-order valence-corrected chi connectivity index (χ4v) is 2.60. The Kier molecular flexibility index (Phi) is 4.59. The number of anilines is 1. The topological polar surface area (TPSA) is 54.9 Å². The molecule has 1 heterocycles. The van der Waals surface area contributed by atoms with Gasteiger partial charge in [0.25, 0.3) is 5.91 Å². The molecule has 0 unspecified atom stereocenters. The molecular weight excluding hydrogens is 334 g/mol. The van der Waals surface area contributed by atoms with Crippen LogP contribution in [0, 0.1) is 11.8 Å². The van der Waals surface area contributed by atoms with Gasteiger partial charge in [0.2, 0.25) is 0 Å². The number of amides is 1. The Morgan fingerprint density at radius 1 is 0.778 bits per heavy atom. The lowest BCUT2D eigenvalue weighted by atomic mass is 10.1. The molecule has 0 aliphatic rings. The minimum absolute atomic E-state index is 0.273. The molecular formula is C23H15N3O. The van der Waals surface area contributed by atoms with Crippen molar-refractivity contribution in [2.45, 2.75) is 0 Å². The highest BCUT2D eigenvalue weighted by Gasteiger charge is 2.09. The van der Waals surface area contributed by atoms with Gasteiger partial charge in [0.05, 0.1) is 17.2 Å². The van der Waals surface area contributed by atoms with E-state index in [-0.39, 0.29) is 11.6 Å². The van der Waals surface area contributed by atoms with Gasteiger partial charge in [0, 0.05) is 16.8 Å². The molecule has 4 aromatic rings. The van der Waals surface area contributed by atoms with Gasteiger partial charge >= 0.3 is 0 Å². The average Bonchev–Trinajstić information content (AvgIpc) is 2.73. The second-order valence-corrected chi connectivity index (χ2v) is 5.89. The number of carbonyl (C=O) groups excluding carboxylic acids is 1. The zero-order valence-corrected chi connectivity index (χ0v) is 14.4. The van der Waals surface area contributed by atoms with Crippen LogP contribution in [0.3, 0.4) is 0 Å². The van der Waals surface area contributed by atoms with Gasteiger partial charge in [-0.3, -0.25) is 9.78 Å². The molecule has 128 valence electrons. The maximum atomic E-state index is 12.5. The van der Waals surface area contributed by atoms with Crippen LogP contribution in [0.25, 0.3) is 11.0 Å². The van der Waals surface area contributed by atoms with Crippen LogP contribution in [0.5, 0.6) is 0 Å². The molecule has 0 spiro atoms. The minimum atomic E-state index is -0.304. The molecule has 4 nitrogen and oxygen atoms in total. The minimum Gasteiger partial charge on any atom is -0.321 e. The molecule has 1 N–H and O–H groups in total. The Morgan fingerprint density at radius 2 is 1.48 bits per heavy atom. The van der Waals surface area contributed by atoms with Gasteiger partial charge in [0.15, 0.2) is 0 Å². The van der Waals surface area contributed by atoms with Crippen molar-refractivity contribution in [2.75, 3.05) is 5.32 Å². The average molecular weight is 349 g/mol. The number of benzene rings is 3. The maximum absolute atomic E-state index is 12.5. The third-order valence-electron chi connectivity index (χ3n) is 3.93. The predicted octanol–water partition coefficient (Wildman–Crippen LogP) is 4.28. The molecule has 0 saturated heterocycles. The second kappa shape index (κ2) is 7.51. The van der Waals surface area contributed by atoms with Gasteiger partial charge < -0.3 is 5.32 Å². The van der Waals surface area contributed by atoms with E-state index in [1.165, 1.54) is 6.20 Å². The van der Waals surface area contributed by atoms with E-state index in [0.29, 0.717) is 11.2 Å². The van der Waals surface area contributed by atoms with Crippen molar-refractivity contribution < 1.29 is 4.79 Å². The summed E-state index contributed by atoms with van der Waals surface area (Å²) < 4.78 is 0. The van der Waals surface area contributed by atoms with Gasteiger partial charge in [0.1, 0.15) is 5.69 Å². The highest BCUT2D eigenvalue weighted by Crippen LogP contribution is 2.13. The van der Waals surface area contributed by atoms with Crippen LogP contribution in [0.2, 0.25) is 0 Å². The van der Waals surface area contributed by atoms with Crippen LogP contribution < -0.4 is 5.32 Å². The fourth-order valence-electron chi connectivity index (χ4n) is 2.60. The van der Waals surface area contributed by atoms with Gasteiger partial charge in [-0.15, -0.1) is 0 Å². The molecule has 27 heavy (non-hydrogen) atoms. The molecule has 0 radical (unpaired) electrons. The summed E-state index contributed by atoms with van der Waals surface area (Å²) in [6.45, 7) is 0. The van der Waals surface area contributed by atoms with Crippen molar-refractivity contribution in [1.29, 1.82) is 0 Å². The highest BCUT2D eigenvalue weighted by molar-refractivity contribution is 6.03. The molecule has 0 atom stereocenters. The lowest BCUT2D eigenvalue weighted by molar-refractivity contribution is 0.102. The van der Waals surface area contributed by atoms with E-state index in [1.54, 1.807) is 0 Å². The lowest BCUT2D eigenvalue weighted by Gasteiger charge is -2.05. The van der Waals surface area contributed by atoms with Gasteiger partial charge in [-0.2, -0.15) is 0 Å². The maximum Gasteiger partial charge on any atom is 0.275 e. The summed E-state index contributed by atoms with van der Waals surface area (Å²) in [5.41, 5.74) is 4.14. The fraction of sp³-hybridized carbons (Fsp3) is 0. The van der Waals surface area contributed by atoms with E-state index in [4.69, 9.17) is 0 Å². The Bertz CT molecular complexity index is 1170. The monoisotopic (exact) mass is 349 g/mol. The van der Waals surface area contributed by atoms with Crippen LogP contribution >= 0.6 is 0 Å². The lowest BCUT2D eigenvalue weighted by Crippen LogP contribution is -2.14. The molecule has 0 bridgehead atoms. The first-order chi connectivity index (χ1) is 13.3. The van der Waals surface area contributed by atoms with E-state index >= 15 is 0 Å². The summed E-state index contributed by atoms with van der Waals surface area (Å²) in [6.07, 6.45) is 1.48. The van der Waals surface area contributed by atoms with Gasteiger partial charge in [-0.1, -0.05) is 48.2 Å². The number of nitrogens with one attached hydrogen (secondary N) is 1. The second-order valence-electron chi connectivity index (χ2n) is 5.89. The molecule has 4 rings (SSSR count). The zero-order valence-electron chi connectivity index (χ0n) is 14.4. The number of hydrogen-bond acceptors (Lipinski definition) is 3. The molecule has 3 aromatic carbocycles. The van der Waals surface area contributed by atoms with E-state index in [2.05, 4.69) is 27.1 Å². The van der Waals surface area contributed by atoms with Crippen molar-refractivity contribution in [1.82, 2.24) is 9.97 Å². The van der Waals surface area contributed by atoms with Crippen molar-refractivity contribution in [3.63, 3.8) is 0 Å². The Labute approximate surface area is 156 Å². The van der Waals surface area contributed by atoms with Crippen molar-refractivity contribution in [3.8, 4) is 11.8 Å². The number of aromatic nitrogens is 2. The summed E-state index contributed by atoms with van der Waals surface area (Å²) >= 11 is 0. The van der Waals surface area contributed by atoms with E-state index in [0.717, 1.165) is 16.6 Å². The Balaban J connectivity index is 1.53. The van der Waals surface area contributed by atoms with Crippen molar-refractivity contribution >= 4 is 22.6 Å². The first kappa shape index (κ1) is 16.5. The summed E-state index contributed by atoms with van der Waals surface area (Å²) in [5.74, 6) is 5.91. The van der Waals surface area contributed by atoms with Crippen LogP contribution in [0.4, 0.5) is 5.69 Å². The molecule has 1 aromatic heterocycles. The number of fused-ring (bicyclic) bond motifs is 1. The van der Waals surface area contributed by atoms with Crippen LogP contribution in [-0.4, -0.2) is 15.9 Å². The SMILES string of the molecule is O=C(Nc1cccc(C#Cc2ccccc2)c1)c1cnc2ccccc2n1. The van der Waals surface area contributed by atoms with E-state index in [1.807, 2.05) is 78.9 Å². The number of carbonyl (C=O) groups is 1. The Hall–Kier alpha value is -3.97. The van der Waals surface area contributed by atoms with E-state index in [9.17, 15) is 4.79 Å². The van der Waals surface area contributed by atoms with Gasteiger partial charge in [-0.25, -0.2) is 4.98 Å². The first-order valence-electron chi connectivity index (χ1n) is 8.48. The summed E-state index contributed by atoms with van der Waals surface area (Å²) in [5, 5.41) is 2.85. The number of hydrogen-bond donors (Lipinski definition) is 1. The van der Waals surface area contributed by atoms with Crippen LogP contribution in [0.15, 0.2) is 85.1 Å². The predicted molar refractivity (Wildman–Crippen MR) is 106 cm³/mol. The number of para-hydroxylation sites is 2. The Morgan fingerprint density at radius 3 is 2.33 bits per heavy atom. The van der Waals surface area contributed by atoms with Crippen molar-refractivity contribution in [2.24, 2.45) is 0 Å². The van der Waals surface area contributed by atoms with E-state index < -0.39 is 0 Å². The third kappa shape index (κ3) is 4.00. The molecule has 1 amide bonds. The molecule has 0 aliphatic carbocycles. The largest absolute Gasteiger partial charge is 0.321 e. The smallest absolute Gasteiger partial charge is 0.275 e. The molecule has 0 saturated carbocycles. The third-order valence-corrected chi connectivity index (χ3v) is 3.93. The summed E-state index contributed by atoms with van der Waals surface area (Å²) in [7, 11) is 0. The normalized spacial score (nSPS) is 10.1. The summed E-state index contributed by atoms with van der Waals surface area (Å²) in [6, 6.07) is 24.6. The summed E-state index contributed by atoms with van der Waals surface area (Å²) in [4.78, 5) is 21.1. The molecule has 0 fully saturated rings. The standard InChI is InChI=1S/C23H15N3O/c27-23(22-16-24-20-11-4-5-12-21(20)26-22)25-19-10-6-9-18(15-19)14-13-17-7-2-1-3-8-17/h1-12,15-16H,(H,25,27). The van der Waals surface area contributed by atoms with Crippen LogP contribution in [0.1, 0.15) is 21.6 Å². The first-order valence-corrected chi connectivity index (χ1v) is 8.48. The molecule has 0 aliphatic heterocycles. The number of nitrogens with zero attached hydrogens (tertiary/aromatic N) is 2. The quantitative estimate of drug-likeness (QED) is 0.550.